The maximum atomic E-state index is 9.84. The van der Waals surface area contributed by atoms with Crippen LogP contribution in [-0.2, 0) is 5.60 Å². The number of hydrogen-bond donors (Lipinski definition) is 1. The molecule has 3 heteroatoms. The first-order valence-electron chi connectivity index (χ1n) is 4.15. The van der Waals surface area contributed by atoms with E-state index in [1.54, 1.807) is 20.0 Å². The minimum Gasteiger partial charge on any atom is -0.386 e. The molecule has 2 rings (SSSR count). The maximum Gasteiger partial charge on any atom is 0.167 e. The largest absolute Gasteiger partial charge is 0.386 e. The number of nitrogens with zero attached hydrogens (tertiary/aromatic N) is 1. The van der Waals surface area contributed by atoms with E-state index in [1.807, 2.05) is 18.2 Å². The molecule has 0 amide bonds. The fourth-order valence-corrected chi connectivity index (χ4v) is 1.43. The number of aromatic nitrogens is 1. The van der Waals surface area contributed by atoms with Crippen molar-refractivity contribution in [1.82, 2.24) is 5.16 Å². The molecule has 0 radical (unpaired) electrons. The monoisotopic (exact) mass is 177 g/mol. The summed E-state index contributed by atoms with van der Waals surface area (Å²) >= 11 is 0. The standard InChI is InChI=1S/C10H11NO2/c1-10(2,12)8-4-3-5-9-7(8)6-11-13-9/h3-6,12H,1-2H3. The predicted molar refractivity (Wildman–Crippen MR) is 49.3 cm³/mol. The van der Waals surface area contributed by atoms with E-state index >= 15 is 0 Å². The van der Waals surface area contributed by atoms with Gasteiger partial charge in [-0.1, -0.05) is 17.3 Å². The van der Waals surface area contributed by atoms with Gasteiger partial charge in [-0.05, 0) is 25.5 Å². The Bertz CT molecular complexity index is 426. The van der Waals surface area contributed by atoms with Crippen molar-refractivity contribution < 1.29 is 9.63 Å². The van der Waals surface area contributed by atoms with Gasteiger partial charge in [-0.25, -0.2) is 0 Å². The van der Waals surface area contributed by atoms with Crippen LogP contribution >= 0.6 is 0 Å². The minimum atomic E-state index is -0.856. The summed E-state index contributed by atoms with van der Waals surface area (Å²) in [6.45, 7) is 3.49. The zero-order valence-electron chi connectivity index (χ0n) is 7.61. The summed E-state index contributed by atoms with van der Waals surface area (Å²) in [5.41, 5.74) is 0.691. The lowest BCUT2D eigenvalue weighted by Crippen LogP contribution is -2.15. The summed E-state index contributed by atoms with van der Waals surface area (Å²) < 4.78 is 4.99. The van der Waals surface area contributed by atoms with Crippen molar-refractivity contribution in [1.29, 1.82) is 0 Å². The van der Waals surface area contributed by atoms with Crippen molar-refractivity contribution in [3.8, 4) is 0 Å². The fourth-order valence-electron chi connectivity index (χ4n) is 1.43. The molecule has 13 heavy (non-hydrogen) atoms. The number of rotatable bonds is 1. The van der Waals surface area contributed by atoms with Gasteiger partial charge in [0.1, 0.15) is 0 Å². The second-order valence-electron chi connectivity index (χ2n) is 3.60. The number of fused-ring (bicyclic) bond motifs is 1. The molecule has 0 bridgehead atoms. The van der Waals surface area contributed by atoms with E-state index in [9.17, 15) is 5.11 Å². The highest BCUT2D eigenvalue weighted by molar-refractivity contribution is 5.80. The smallest absolute Gasteiger partial charge is 0.167 e. The topological polar surface area (TPSA) is 46.3 Å². The molecule has 1 N–H and O–H groups in total. The second-order valence-corrected chi connectivity index (χ2v) is 3.60. The van der Waals surface area contributed by atoms with Gasteiger partial charge < -0.3 is 9.63 Å². The number of aliphatic hydroxyl groups is 1. The fraction of sp³-hybridized carbons (Fsp3) is 0.300. The van der Waals surface area contributed by atoms with E-state index in [0.29, 0.717) is 5.58 Å². The van der Waals surface area contributed by atoms with Crippen molar-refractivity contribution in [2.45, 2.75) is 19.4 Å². The highest BCUT2D eigenvalue weighted by Gasteiger charge is 2.19. The van der Waals surface area contributed by atoms with Crippen LogP contribution in [0.3, 0.4) is 0 Å². The third kappa shape index (κ3) is 1.31. The van der Waals surface area contributed by atoms with Crippen LogP contribution in [0.2, 0.25) is 0 Å². The van der Waals surface area contributed by atoms with E-state index < -0.39 is 5.60 Å². The summed E-state index contributed by atoms with van der Waals surface area (Å²) in [5.74, 6) is 0. The Labute approximate surface area is 76.0 Å². The van der Waals surface area contributed by atoms with Crippen LogP contribution in [0.15, 0.2) is 28.9 Å². The van der Waals surface area contributed by atoms with Crippen molar-refractivity contribution >= 4 is 11.0 Å². The maximum absolute atomic E-state index is 9.84. The highest BCUT2D eigenvalue weighted by atomic mass is 16.5. The molecule has 0 atom stereocenters. The molecule has 1 aromatic carbocycles. The molecule has 0 spiro atoms. The van der Waals surface area contributed by atoms with E-state index in [2.05, 4.69) is 5.16 Å². The van der Waals surface area contributed by atoms with Gasteiger partial charge in [0.2, 0.25) is 0 Å². The molecule has 0 saturated heterocycles. The van der Waals surface area contributed by atoms with Crippen LogP contribution < -0.4 is 0 Å². The summed E-state index contributed by atoms with van der Waals surface area (Å²) in [5, 5.41) is 14.4. The van der Waals surface area contributed by atoms with Gasteiger partial charge in [-0.3, -0.25) is 0 Å². The lowest BCUT2D eigenvalue weighted by atomic mass is 9.95. The molecular formula is C10H11NO2. The molecule has 2 aromatic rings. The summed E-state index contributed by atoms with van der Waals surface area (Å²) in [4.78, 5) is 0. The average Bonchev–Trinajstić information content (AvgIpc) is 2.48. The number of hydrogen-bond acceptors (Lipinski definition) is 3. The lowest BCUT2D eigenvalue weighted by molar-refractivity contribution is 0.0802. The minimum absolute atomic E-state index is 0.708. The first-order valence-corrected chi connectivity index (χ1v) is 4.15. The number of benzene rings is 1. The second kappa shape index (κ2) is 2.57. The van der Waals surface area contributed by atoms with Crippen LogP contribution in [0.1, 0.15) is 19.4 Å². The zero-order chi connectivity index (χ0) is 9.47. The molecule has 0 fully saturated rings. The van der Waals surface area contributed by atoms with Crippen LogP contribution in [0.25, 0.3) is 11.0 Å². The highest BCUT2D eigenvalue weighted by Crippen LogP contribution is 2.27. The average molecular weight is 177 g/mol. The molecule has 3 nitrogen and oxygen atoms in total. The summed E-state index contributed by atoms with van der Waals surface area (Å²) in [6, 6.07) is 5.55. The molecule has 0 unspecified atom stereocenters. The van der Waals surface area contributed by atoms with Crippen LogP contribution in [0.5, 0.6) is 0 Å². The summed E-state index contributed by atoms with van der Waals surface area (Å²) in [7, 11) is 0. The Morgan fingerprint density at radius 1 is 1.38 bits per heavy atom. The predicted octanol–water partition coefficient (Wildman–Crippen LogP) is 2.06. The lowest BCUT2D eigenvalue weighted by Gasteiger charge is -2.17. The third-order valence-corrected chi connectivity index (χ3v) is 2.06. The summed E-state index contributed by atoms with van der Waals surface area (Å²) in [6.07, 6.45) is 1.63. The Balaban J connectivity index is 2.75. The van der Waals surface area contributed by atoms with E-state index in [1.165, 1.54) is 0 Å². The first-order chi connectivity index (χ1) is 6.09. The Morgan fingerprint density at radius 2 is 2.15 bits per heavy atom. The van der Waals surface area contributed by atoms with Gasteiger partial charge in [0.05, 0.1) is 11.8 Å². The van der Waals surface area contributed by atoms with Gasteiger partial charge in [0, 0.05) is 5.39 Å². The first kappa shape index (κ1) is 8.26. The molecule has 68 valence electrons. The van der Waals surface area contributed by atoms with Gasteiger partial charge >= 0.3 is 0 Å². The normalized spacial score (nSPS) is 12.2. The van der Waals surface area contributed by atoms with E-state index in [-0.39, 0.29) is 0 Å². The van der Waals surface area contributed by atoms with Crippen LogP contribution in [0.4, 0.5) is 0 Å². The Hall–Kier alpha value is -1.35. The molecule has 1 heterocycles. The van der Waals surface area contributed by atoms with Gasteiger partial charge in [0.25, 0.3) is 0 Å². The molecule has 0 aliphatic heterocycles. The Morgan fingerprint density at radius 3 is 2.85 bits per heavy atom. The van der Waals surface area contributed by atoms with E-state index in [0.717, 1.165) is 10.9 Å². The third-order valence-electron chi connectivity index (χ3n) is 2.06. The Kier molecular flexibility index (Phi) is 1.63. The van der Waals surface area contributed by atoms with Crippen molar-refractivity contribution in [3.63, 3.8) is 0 Å². The molecule has 0 saturated carbocycles. The SMILES string of the molecule is CC(C)(O)c1cccc2oncc12. The van der Waals surface area contributed by atoms with Crippen molar-refractivity contribution in [3.05, 3.63) is 30.0 Å². The van der Waals surface area contributed by atoms with Crippen molar-refractivity contribution in [2.75, 3.05) is 0 Å². The van der Waals surface area contributed by atoms with Gasteiger partial charge in [-0.15, -0.1) is 0 Å². The zero-order valence-corrected chi connectivity index (χ0v) is 7.61. The van der Waals surface area contributed by atoms with E-state index in [4.69, 9.17) is 4.52 Å². The van der Waals surface area contributed by atoms with Gasteiger partial charge in [-0.2, -0.15) is 0 Å². The van der Waals surface area contributed by atoms with Crippen molar-refractivity contribution in [2.24, 2.45) is 0 Å². The quantitative estimate of drug-likeness (QED) is 0.725. The van der Waals surface area contributed by atoms with Gasteiger partial charge in [0.15, 0.2) is 5.58 Å². The van der Waals surface area contributed by atoms with Crippen LogP contribution in [0, 0.1) is 0 Å². The molecular weight excluding hydrogens is 166 g/mol. The molecule has 0 aliphatic carbocycles. The van der Waals surface area contributed by atoms with Crippen LogP contribution in [-0.4, -0.2) is 10.3 Å². The molecule has 1 aromatic heterocycles. The molecule has 0 aliphatic rings.